The van der Waals surface area contributed by atoms with Gasteiger partial charge in [-0.2, -0.15) is 0 Å². The van der Waals surface area contributed by atoms with Crippen LogP contribution in [0.3, 0.4) is 0 Å². The molecule has 5 heteroatoms. The third-order valence-corrected chi connectivity index (χ3v) is 3.60. The smallest absolute Gasteiger partial charge is 0.261 e. The molecule has 0 heterocycles. The number of hydrogen-bond acceptors (Lipinski definition) is 4. The molecule has 1 fully saturated rings. The van der Waals surface area contributed by atoms with Crippen molar-refractivity contribution in [1.29, 1.82) is 0 Å². The van der Waals surface area contributed by atoms with Gasteiger partial charge in [0.1, 0.15) is 17.1 Å². The van der Waals surface area contributed by atoms with Crippen LogP contribution in [0.15, 0.2) is 18.2 Å². The molecule has 0 radical (unpaired) electrons. The minimum absolute atomic E-state index is 0.0807. The second-order valence-corrected chi connectivity index (χ2v) is 4.83. The van der Waals surface area contributed by atoms with Crippen LogP contribution in [0.4, 0.5) is 0 Å². The zero-order valence-electron chi connectivity index (χ0n) is 10.7. The lowest BCUT2D eigenvalue weighted by Gasteiger charge is -2.28. The predicted octanol–water partition coefficient (Wildman–Crippen LogP) is 1.47. The molecule has 2 rings (SSSR count). The van der Waals surface area contributed by atoms with Gasteiger partial charge in [0.15, 0.2) is 0 Å². The maximum Gasteiger partial charge on any atom is 0.261 e. The van der Waals surface area contributed by atoms with E-state index in [0.29, 0.717) is 0 Å². The van der Waals surface area contributed by atoms with E-state index in [1.165, 1.54) is 18.2 Å². The van der Waals surface area contributed by atoms with E-state index in [9.17, 15) is 15.0 Å². The third-order valence-electron chi connectivity index (χ3n) is 3.60. The Labute approximate surface area is 112 Å². The SMILES string of the molecule is O=C(c1c(O)cccc1O)N(CCO)C1CCCC1. The molecule has 1 aromatic carbocycles. The van der Waals surface area contributed by atoms with E-state index >= 15 is 0 Å². The molecule has 0 saturated heterocycles. The Hall–Kier alpha value is -1.75. The fraction of sp³-hybridized carbons (Fsp3) is 0.500. The highest BCUT2D eigenvalue weighted by atomic mass is 16.3. The summed E-state index contributed by atoms with van der Waals surface area (Å²) in [7, 11) is 0. The third kappa shape index (κ3) is 2.81. The Morgan fingerprint density at radius 1 is 1.21 bits per heavy atom. The van der Waals surface area contributed by atoms with Crippen molar-refractivity contribution in [3.05, 3.63) is 23.8 Å². The van der Waals surface area contributed by atoms with Crippen LogP contribution in [0.25, 0.3) is 0 Å². The number of rotatable bonds is 4. The van der Waals surface area contributed by atoms with Crippen LogP contribution in [0.5, 0.6) is 11.5 Å². The standard InChI is InChI=1S/C14H19NO4/c16-9-8-15(10-4-1-2-5-10)14(19)13-11(17)6-3-7-12(13)18/h3,6-7,10,16-18H,1-2,4-5,8-9H2. The fourth-order valence-electron chi connectivity index (χ4n) is 2.66. The van der Waals surface area contributed by atoms with E-state index in [2.05, 4.69) is 0 Å². The molecule has 5 nitrogen and oxygen atoms in total. The van der Waals surface area contributed by atoms with Gasteiger partial charge in [-0.3, -0.25) is 4.79 Å². The summed E-state index contributed by atoms with van der Waals surface area (Å²) in [4.78, 5) is 14.0. The van der Waals surface area contributed by atoms with Crippen LogP contribution in [-0.2, 0) is 0 Å². The van der Waals surface area contributed by atoms with Gasteiger partial charge in [-0.05, 0) is 25.0 Å². The van der Waals surface area contributed by atoms with Crippen molar-refractivity contribution in [3.8, 4) is 11.5 Å². The lowest BCUT2D eigenvalue weighted by molar-refractivity contribution is 0.0632. The largest absolute Gasteiger partial charge is 0.507 e. The zero-order chi connectivity index (χ0) is 13.8. The predicted molar refractivity (Wildman–Crippen MR) is 70.1 cm³/mol. The summed E-state index contributed by atoms with van der Waals surface area (Å²) >= 11 is 0. The average molecular weight is 265 g/mol. The van der Waals surface area contributed by atoms with Crippen molar-refractivity contribution in [2.45, 2.75) is 31.7 Å². The first-order valence-electron chi connectivity index (χ1n) is 6.58. The Morgan fingerprint density at radius 3 is 2.32 bits per heavy atom. The first kappa shape index (κ1) is 13.7. The molecule has 19 heavy (non-hydrogen) atoms. The molecular formula is C14H19NO4. The van der Waals surface area contributed by atoms with E-state index in [0.717, 1.165) is 25.7 Å². The van der Waals surface area contributed by atoms with Crippen LogP contribution in [-0.4, -0.2) is 45.3 Å². The highest BCUT2D eigenvalue weighted by Gasteiger charge is 2.29. The Bertz CT molecular complexity index is 435. The molecular weight excluding hydrogens is 246 g/mol. The van der Waals surface area contributed by atoms with Gasteiger partial charge in [-0.1, -0.05) is 18.9 Å². The summed E-state index contributed by atoms with van der Waals surface area (Å²) < 4.78 is 0. The van der Waals surface area contributed by atoms with E-state index in [1.54, 1.807) is 4.90 Å². The van der Waals surface area contributed by atoms with Crippen molar-refractivity contribution in [3.63, 3.8) is 0 Å². The Morgan fingerprint density at radius 2 is 1.79 bits per heavy atom. The number of carbonyl (C=O) groups excluding carboxylic acids is 1. The number of phenols is 2. The molecule has 0 unspecified atom stereocenters. The van der Waals surface area contributed by atoms with Gasteiger partial charge in [0.25, 0.3) is 5.91 Å². The summed E-state index contributed by atoms with van der Waals surface area (Å²) in [6, 6.07) is 4.31. The molecule has 0 aliphatic heterocycles. The van der Waals surface area contributed by atoms with Crippen molar-refractivity contribution < 1.29 is 20.1 Å². The first-order valence-corrected chi connectivity index (χ1v) is 6.58. The molecule has 1 saturated carbocycles. The van der Waals surface area contributed by atoms with Crippen molar-refractivity contribution in [2.24, 2.45) is 0 Å². The second kappa shape index (κ2) is 5.93. The molecule has 3 N–H and O–H groups in total. The minimum Gasteiger partial charge on any atom is -0.507 e. The highest BCUT2D eigenvalue weighted by Crippen LogP contribution is 2.31. The number of aromatic hydroxyl groups is 2. The second-order valence-electron chi connectivity index (χ2n) is 4.83. The molecule has 104 valence electrons. The molecule has 1 amide bonds. The topological polar surface area (TPSA) is 81.0 Å². The van der Waals surface area contributed by atoms with Gasteiger partial charge in [0.2, 0.25) is 0 Å². The van der Waals surface area contributed by atoms with Gasteiger partial charge in [-0.25, -0.2) is 0 Å². The number of nitrogens with zero attached hydrogens (tertiary/aromatic N) is 1. The van der Waals surface area contributed by atoms with E-state index < -0.39 is 5.91 Å². The fourth-order valence-corrected chi connectivity index (χ4v) is 2.66. The number of hydrogen-bond donors (Lipinski definition) is 3. The lowest BCUT2D eigenvalue weighted by Crippen LogP contribution is -2.40. The first-order chi connectivity index (χ1) is 9.15. The Kier molecular flexibility index (Phi) is 4.27. The van der Waals surface area contributed by atoms with Gasteiger partial charge in [0.05, 0.1) is 6.61 Å². The molecule has 0 bridgehead atoms. The van der Waals surface area contributed by atoms with Crippen LogP contribution in [0, 0.1) is 0 Å². The zero-order valence-corrected chi connectivity index (χ0v) is 10.7. The normalized spacial score (nSPS) is 15.6. The van der Waals surface area contributed by atoms with Gasteiger partial charge < -0.3 is 20.2 Å². The molecule has 1 aromatic rings. The number of phenolic OH excluding ortho intramolecular Hbond substituents is 2. The van der Waals surface area contributed by atoms with Crippen molar-refractivity contribution >= 4 is 5.91 Å². The number of carbonyl (C=O) groups is 1. The monoisotopic (exact) mass is 265 g/mol. The van der Waals surface area contributed by atoms with Crippen molar-refractivity contribution in [2.75, 3.05) is 13.2 Å². The van der Waals surface area contributed by atoms with Crippen LogP contribution in [0.1, 0.15) is 36.0 Å². The number of aliphatic hydroxyl groups excluding tert-OH is 1. The Balaban J connectivity index is 2.28. The van der Waals surface area contributed by atoms with Crippen molar-refractivity contribution in [1.82, 2.24) is 4.90 Å². The van der Waals surface area contributed by atoms with E-state index in [-0.39, 0.29) is 36.3 Å². The summed E-state index contributed by atoms with van der Waals surface area (Å²) in [5, 5.41) is 28.6. The number of amides is 1. The average Bonchev–Trinajstić information content (AvgIpc) is 2.89. The molecule has 0 atom stereocenters. The minimum atomic E-state index is -0.420. The maximum atomic E-state index is 12.5. The van der Waals surface area contributed by atoms with Crippen LogP contribution >= 0.6 is 0 Å². The molecule has 1 aliphatic rings. The lowest BCUT2D eigenvalue weighted by atomic mass is 10.1. The van der Waals surface area contributed by atoms with E-state index in [4.69, 9.17) is 5.11 Å². The van der Waals surface area contributed by atoms with Gasteiger partial charge >= 0.3 is 0 Å². The quantitative estimate of drug-likeness (QED) is 0.770. The highest BCUT2D eigenvalue weighted by molar-refractivity contribution is 5.99. The molecule has 1 aliphatic carbocycles. The number of benzene rings is 1. The van der Waals surface area contributed by atoms with Gasteiger partial charge in [0, 0.05) is 12.6 Å². The van der Waals surface area contributed by atoms with Gasteiger partial charge in [-0.15, -0.1) is 0 Å². The summed E-state index contributed by atoms with van der Waals surface area (Å²) in [5.74, 6) is -0.881. The summed E-state index contributed by atoms with van der Waals surface area (Å²) in [5.41, 5.74) is -0.0807. The summed E-state index contributed by atoms with van der Waals surface area (Å²) in [6.07, 6.45) is 3.93. The number of aliphatic hydroxyl groups is 1. The molecule has 0 aromatic heterocycles. The molecule has 0 spiro atoms. The van der Waals surface area contributed by atoms with Crippen LogP contribution < -0.4 is 0 Å². The van der Waals surface area contributed by atoms with E-state index in [1.807, 2.05) is 0 Å². The maximum absolute atomic E-state index is 12.5. The summed E-state index contributed by atoms with van der Waals surface area (Å²) in [6.45, 7) is 0.0911. The van der Waals surface area contributed by atoms with Crippen LogP contribution in [0.2, 0.25) is 0 Å².